The lowest BCUT2D eigenvalue weighted by molar-refractivity contribution is 0.0850. The molecule has 0 radical (unpaired) electrons. The van der Waals surface area contributed by atoms with E-state index >= 15 is 0 Å². The Hall–Kier alpha value is -2.00. The standard InChI is InChI=1S/C17H17NOS/c1-2-13-18(16(19)14-9-5-3-6-10-14)17(20)15-11-7-4-8-12-15/h3-12H,2,13H2,1H3. The molecule has 0 bridgehead atoms. The summed E-state index contributed by atoms with van der Waals surface area (Å²) in [7, 11) is 0. The monoisotopic (exact) mass is 283 g/mol. The second-order valence-electron chi connectivity index (χ2n) is 4.49. The van der Waals surface area contributed by atoms with Crippen LogP contribution in [0.4, 0.5) is 0 Å². The van der Waals surface area contributed by atoms with E-state index in [0.717, 1.165) is 12.0 Å². The fraction of sp³-hybridized carbons (Fsp3) is 0.176. The Kier molecular flexibility index (Phi) is 5.02. The third kappa shape index (κ3) is 3.31. The Morgan fingerprint density at radius 2 is 1.45 bits per heavy atom. The van der Waals surface area contributed by atoms with Gasteiger partial charge in [0.2, 0.25) is 0 Å². The minimum Gasteiger partial charge on any atom is -0.299 e. The molecule has 0 aromatic heterocycles. The highest BCUT2D eigenvalue weighted by molar-refractivity contribution is 7.80. The van der Waals surface area contributed by atoms with Crippen LogP contribution in [0.3, 0.4) is 0 Å². The van der Waals surface area contributed by atoms with Gasteiger partial charge in [0.05, 0.1) is 0 Å². The van der Waals surface area contributed by atoms with E-state index in [1.807, 2.05) is 67.6 Å². The molecular weight excluding hydrogens is 266 g/mol. The van der Waals surface area contributed by atoms with E-state index in [0.29, 0.717) is 17.1 Å². The number of carbonyl (C=O) groups excluding carboxylic acids is 1. The van der Waals surface area contributed by atoms with Gasteiger partial charge in [-0.2, -0.15) is 0 Å². The van der Waals surface area contributed by atoms with E-state index in [4.69, 9.17) is 12.2 Å². The van der Waals surface area contributed by atoms with Crippen LogP contribution < -0.4 is 0 Å². The summed E-state index contributed by atoms with van der Waals surface area (Å²) in [6.45, 7) is 2.67. The topological polar surface area (TPSA) is 20.3 Å². The molecule has 2 aromatic rings. The zero-order valence-electron chi connectivity index (χ0n) is 11.5. The molecule has 0 aliphatic rings. The second-order valence-corrected chi connectivity index (χ2v) is 4.88. The third-order valence-corrected chi connectivity index (χ3v) is 3.44. The summed E-state index contributed by atoms with van der Waals surface area (Å²) >= 11 is 5.49. The van der Waals surface area contributed by atoms with Crippen LogP contribution in [0.15, 0.2) is 60.7 Å². The molecule has 0 aliphatic heterocycles. The lowest BCUT2D eigenvalue weighted by atomic mass is 10.1. The molecule has 0 unspecified atom stereocenters. The lowest BCUT2D eigenvalue weighted by Gasteiger charge is -2.23. The summed E-state index contributed by atoms with van der Waals surface area (Å²) in [4.78, 5) is 14.9. The van der Waals surface area contributed by atoms with Gasteiger partial charge in [-0.3, -0.25) is 9.69 Å². The summed E-state index contributed by atoms with van der Waals surface area (Å²) < 4.78 is 0. The van der Waals surface area contributed by atoms with Crippen molar-refractivity contribution in [3.05, 3.63) is 71.8 Å². The first kappa shape index (κ1) is 14.4. The van der Waals surface area contributed by atoms with Crippen molar-refractivity contribution in [1.82, 2.24) is 4.90 Å². The molecule has 0 atom stereocenters. The van der Waals surface area contributed by atoms with Crippen molar-refractivity contribution in [2.24, 2.45) is 0 Å². The highest BCUT2D eigenvalue weighted by atomic mass is 32.1. The largest absolute Gasteiger partial charge is 0.299 e. The van der Waals surface area contributed by atoms with Crippen LogP contribution >= 0.6 is 12.2 Å². The van der Waals surface area contributed by atoms with Gasteiger partial charge in [0.25, 0.3) is 5.91 Å². The Bertz CT molecular complexity index is 529. The van der Waals surface area contributed by atoms with Crippen LogP contribution in [-0.2, 0) is 0 Å². The molecule has 3 heteroatoms. The third-order valence-electron chi connectivity index (χ3n) is 2.98. The molecule has 2 rings (SSSR count). The first-order valence-electron chi connectivity index (χ1n) is 6.70. The molecule has 1 amide bonds. The molecule has 0 saturated carbocycles. The SMILES string of the molecule is CCCN(C(=O)c1ccccc1)C(=S)c1ccccc1. The predicted octanol–water partition coefficient (Wildman–Crippen LogP) is 3.91. The average molecular weight is 283 g/mol. The number of thiocarbonyl (C=S) groups is 1. The Balaban J connectivity index is 2.27. The minimum absolute atomic E-state index is 0.0405. The molecule has 0 heterocycles. The first-order chi connectivity index (χ1) is 9.74. The van der Waals surface area contributed by atoms with Crippen molar-refractivity contribution >= 4 is 23.1 Å². The molecular formula is C17H17NOS. The van der Waals surface area contributed by atoms with Crippen LogP contribution in [0, 0.1) is 0 Å². The molecule has 2 nitrogen and oxygen atoms in total. The zero-order valence-corrected chi connectivity index (χ0v) is 12.3. The van der Waals surface area contributed by atoms with Gasteiger partial charge in [0, 0.05) is 17.7 Å². The average Bonchev–Trinajstić information content (AvgIpc) is 2.53. The quantitative estimate of drug-likeness (QED) is 0.793. The highest BCUT2D eigenvalue weighted by Gasteiger charge is 2.19. The number of amides is 1. The van der Waals surface area contributed by atoms with Gasteiger partial charge in [0.15, 0.2) is 0 Å². The maximum Gasteiger partial charge on any atom is 0.258 e. The van der Waals surface area contributed by atoms with Crippen molar-refractivity contribution in [2.45, 2.75) is 13.3 Å². The van der Waals surface area contributed by atoms with Crippen LogP contribution in [-0.4, -0.2) is 22.3 Å². The second kappa shape index (κ2) is 6.96. The predicted molar refractivity (Wildman–Crippen MR) is 85.9 cm³/mol. The van der Waals surface area contributed by atoms with E-state index in [1.54, 1.807) is 4.90 Å². The molecule has 102 valence electrons. The molecule has 0 saturated heterocycles. The fourth-order valence-corrected chi connectivity index (χ4v) is 2.30. The summed E-state index contributed by atoms with van der Waals surface area (Å²) in [6.07, 6.45) is 0.867. The van der Waals surface area contributed by atoms with E-state index < -0.39 is 0 Å². The summed E-state index contributed by atoms with van der Waals surface area (Å²) in [5.41, 5.74) is 1.57. The van der Waals surface area contributed by atoms with E-state index in [1.165, 1.54) is 0 Å². The van der Waals surface area contributed by atoms with Gasteiger partial charge >= 0.3 is 0 Å². The molecule has 0 N–H and O–H groups in total. The van der Waals surface area contributed by atoms with Crippen molar-refractivity contribution in [3.63, 3.8) is 0 Å². The number of nitrogens with zero attached hydrogens (tertiary/aromatic N) is 1. The van der Waals surface area contributed by atoms with Crippen LogP contribution in [0.25, 0.3) is 0 Å². The fourth-order valence-electron chi connectivity index (χ4n) is 1.99. The lowest BCUT2D eigenvalue weighted by Crippen LogP contribution is -2.36. The highest BCUT2D eigenvalue weighted by Crippen LogP contribution is 2.12. The summed E-state index contributed by atoms with van der Waals surface area (Å²) in [6, 6.07) is 18.9. The van der Waals surface area contributed by atoms with Gasteiger partial charge in [-0.15, -0.1) is 0 Å². The molecule has 20 heavy (non-hydrogen) atoms. The maximum atomic E-state index is 12.6. The Morgan fingerprint density at radius 3 is 1.95 bits per heavy atom. The van der Waals surface area contributed by atoms with Gasteiger partial charge in [-0.1, -0.05) is 67.7 Å². The van der Waals surface area contributed by atoms with Gasteiger partial charge in [-0.05, 0) is 18.6 Å². The normalized spacial score (nSPS) is 10.1. The summed E-state index contributed by atoms with van der Waals surface area (Å²) in [5, 5.41) is 0. The van der Waals surface area contributed by atoms with Crippen molar-refractivity contribution < 1.29 is 4.79 Å². The molecule has 0 fully saturated rings. The van der Waals surface area contributed by atoms with Crippen molar-refractivity contribution in [3.8, 4) is 0 Å². The maximum absolute atomic E-state index is 12.6. The van der Waals surface area contributed by atoms with Crippen molar-refractivity contribution in [1.29, 1.82) is 0 Å². The number of carbonyl (C=O) groups is 1. The first-order valence-corrected chi connectivity index (χ1v) is 7.11. The zero-order chi connectivity index (χ0) is 14.4. The van der Waals surface area contributed by atoms with E-state index in [9.17, 15) is 4.79 Å². The smallest absolute Gasteiger partial charge is 0.258 e. The van der Waals surface area contributed by atoms with Gasteiger partial charge in [-0.25, -0.2) is 0 Å². The van der Waals surface area contributed by atoms with Crippen LogP contribution in [0.1, 0.15) is 29.3 Å². The number of hydrogen-bond donors (Lipinski definition) is 0. The number of hydrogen-bond acceptors (Lipinski definition) is 2. The van der Waals surface area contributed by atoms with Crippen LogP contribution in [0.2, 0.25) is 0 Å². The van der Waals surface area contributed by atoms with Gasteiger partial charge in [0.1, 0.15) is 4.99 Å². The molecule has 0 aliphatic carbocycles. The van der Waals surface area contributed by atoms with Gasteiger partial charge < -0.3 is 0 Å². The Morgan fingerprint density at radius 1 is 0.950 bits per heavy atom. The van der Waals surface area contributed by atoms with E-state index in [2.05, 4.69) is 0 Å². The number of benzene rings is 2. The molecule has 2 aromatic carbocycles. The Labute approximate surface area is 125 Å². The molecule has 0 spiro atoms. The number of rotatable bonds is 4. The van der Waals surface area contributed by atoms with E-state index in [-0.39, 0.29) is 5.91 Å². The van der Waals surface area contributed by atoms with Crippen LogP contribution in [0.5, 0.6) is 0 Å². The minimum atomic E-state index is -0.0405. The summed E-state index contributed by atoms with van der Waals surface area (Å²) in [5.74, 6) is -0.0405. The van der Waals surface area contributed by atoms with Crippen molar-refractivity contribution in [2.75, 3.05) is 6.54 Å².